The van der Waals surface area contributed by atoms with Gasteiger partial charge in [0.05, 0.1) is 6.20 Å². The molecule has 0 saturated carbocycles. The zero-order chi connectivity index (χ0) is 12.0. The maximum absolute atomic E-state index is 4.28. The van der Waals surface area contributed by atoms with E-state index in [1.807, 2.05) is 17.9 Å². The molecule has 1 rings (SSSR count). The molecule has 0 bridgehead atoms. The van der Waals surface area contributed by atoms with E-state index in [0.717, 1.165) is 6.42 Å². The average Bonchev–Trinajstić information content (AvgIpc) is 2.58. The lowest BCUT2D eigenvalue weighted by Gasteiger charge is -2.10. The number of aromatic nitrogens is 2. The molecule has 0 aromatic carbocycles. The summed E-state index contributed by atoms with van der Waals surface area (Å²) in [4.78, 5) is 0. The highest BCUT2D eigenvalue weighted by atomic mass is 15.3. The van der Waals surface area contributed by atoms with E-state index in [-0.39, 0.29) is 0 Å². The lowest BCUT2D eigenvalue weighted by molar-refractivity contribution is 0.551. The van der Waals surface area contributed by atoms with E-state index in [1.54, 1.807) is 0 Å². The van der Waals surface area contributed by atoms with Crippen LogP contribution in [0.1, 0.15) is 37.4 Å². The topological polar surface area (TPSA) is 17.8 Å². The van der Waals surface area contributed by atoms with Gasteiger partial charge in [-0.25, -0.2) is 0 Å². The van der Waals surface area contributed by atoms with Crippen molar-refractivity contribution in [1.82, 2.24) is 9.78 Å². The standard InChI is InChI=1S/C14H22N2/c1-5-7-9-13(8-6-2)10-14-11-15-16(4)12(14)3/h8,11,13H,2,5,7,9-10H2,1,3-4H3. The smallest absolute Gasteiger partial charge is 0.0524 e. The first-order valence-corrected chi connectivity index (χ1v) is 6.02. The SMILES string of the molecule is C=C=CC(CCCC)Cc1cnn(C)c1C. The number of aryl methyl sites for hydroxylation is 1. The largest absolute Gasteiger partial charge is 0.273 e. The van der Waals surface area contributed by atoms with Crippen LogP contribution >= 0.6 is 0 Å². The second-order valence-electron chi connectivity index (χ2n) is 4.36. The average molecular weight is 218 g/mol. The van der Waals surface area contributed by atoms with Crippen molar-refractivity contribution in [2.45, 2.75) is 39.5 Å². The van der Waals surface area contributed by atoms with Crippen LogP contribution in [0.3, 0.4) is 0 Å². The first-order valence-electron chi connectivity index (χ1n) is 6.02. The molecular weight excluding hydrogens is 196 g/mol. The molecule has 1 aromatic heterocycles. The molecule has 0 fully saturated rings. The van der Waals surface area contributed by atoms with Crippen LogP contribution in [-0.2, 0) is 13.5 Å². The molecule has 0 aliphatic rings. The van der Waals surface area contributed by atoms with Gasteiger partial charge in [0.25, 0.3) is 0 Å². The van der Waals surface area contributed by atoms with Gasteiger partial charge in [-0.2, -0.15) is 5.10 Å². The molecule has 1 aromatic rings. The summed E-state index contributed by atoms with van der Waals surface area (Å²) in [6, 6.07) is 0. The van der Waals surface area contributed by atoms with E-state index < -0.39 is 0 Å². The van der Waals surface area contributed by atoms with E-state index in [9.17, 15) is 0 Å². The van der Waals surface area contributed by atoms with Gasteiger partial charge in [0.1, 0.15) is 0 Å². The molecular formula is C14H22N2. The number of hydrogen-bond donors (Lipinski definition) is 0. The Hall–Kier alpha value is -1.27. The monoisotopic (exact) mass is 218 g/mol. The van der Waals surface area contributed by atoms with Gasteiger partial charge in [-0.15, -0.1) is 5.73 Å². The quantitative estimate of drug-likeness (QED) is 0.669. The Kier molecular flexibility index (Phi) is 5.07. The summed E-state index contributed by atoms with van der Waals surface area (Å²) in [5.41, 5.74) is 5.53. The predicted octanol–water partition coefficient (Wildman–Crippen LogP) is 3.42. The van der Waals surface area contributed by atoms with E-state index >= 15 is 0 Å². The minimum Gasteiger partial charge on any atom is -0.273 e. The molecule has 0 amide bonds. The van der Waals surface area contributed by atoms with Crippen LogP contribution in [-0.4, -0.2) is 9.78 Å². The first kappa shape index (κ1) is 12.8. The maximum Gasteiger partial charge on any atom is 0.0524 e. The van der Waals surface area contributed by atoms with Crippen molar-refractivity contribution in [3.8, 4) is 0 Å². The molecule has 1 atom stereocenters. The van der Waals surface area contributed by atoms with E-state index in [0.29, 0.717) is 5.92 Å². The lowest BCUT2D eigenvalue weighted by atomic mass is 9.94. The summed E-state index contributed by atoms with van der Waals surface area (Å²) in [5, 5.41) is 4.28. The van der Waals surface area contributed by atoms with Gasteiger partial charge in [0.2, 0.25) is 0 Å². The summed E-state index contributed by atoms with van der Waals surface area (Å²) in [7, 11) is 1.99. The molecule has 2 nitrogen and oxygen atoms in total. The summed E-state index contributed by atoms with van der Waals surface area (Å²) >= 11 is 0. The normalized spacial score (nSPS) is 12.2. The molecule has 0 radical (unpaired) electrons. The molecule has 88 valence electrons. The van der Waals surface area contributed by atoms with Crippen molar-refractivity contribution in [2.24, 2.45) is 13.0 Å². The van der Waals surface area contributed by atoms with E-state index in [2.05, 4.69) is 37.3 Å². The molecule has 2 heteroatoms. The van der Waals surface area contributed by atoms with Crippen molar-refractivity contribution < 1.29 is 0 Å². The molecule has 0 spiro atoms. The molecule has 0 saturated heterocycles. The summed E-state index contributed by atoms with van der Waals surface area (Å²) < 4.78 is 1.93. The Bertz CT molecular complexity index is 370. The number of hydrogen-bond acceptors (Lipinski definition) is 1. The van der Waals surface area contributed by atoms with Crippen LogP contribution in [0.15, 0.2) is 24.6 Å². The molecule has 1 heterocycles. The fraction of sp³-hybridized carbons (Fsp3) is 0.571. The van der Waals surface area contributed by atoms with Crippen LogP contribution < -0.4 is 0 Å². The van der Waals surface area contributed by atoms with Gasteiger partial charge in [0, 0.05) is 12.7 Å². The highest BCUT2D eigenvalue weighted by Crippen LogP contribution is 2.18. The van der Waals surface area contributed by atoms with Crippen LogP contribution in [0.2, 0.25) is 0 Å². The van der Waals surface area contributed by atoms with Gasteiger partial charge in [0.15, 0.2) is 0 Å². The molecule has 0 aliphatic carbocycles. The Labute approximate surface area is 98.7 Å². The highest BCUT2D eigenvalue weighted by Gasteiger charge is 2.10. The Morgan fingerprint density at radius 1 is 1.62 bits per heavy atom. The van der Waals surface area contributed by atoms with Crippen LogP contribution in [0.5, 0.6) is 0 Å². The molecule has 1 unspecified atom stereocenters. The summed E-state index contributed by atoms with van der Waals surface area (Å²) in [6.45, 7) is 8.02. The zero-order valence-corrected chi connectivity index (χ0v) is 10.7. The molecule has 0 N–H and O–H groups in total. The fourth-order valence-corrected chi connectivity index (χ4v) is 1.90. The lowest BCUT2D eigenvalue weighted by Crippen LogP contribution is -2.02. The van der Waals surface area contributed by atoms with Crippen molar-refractivity contribution in [3.05, 3.63) is 35.8 Å². The number of allylic oxidation sites excluding steroid dienone is 1. The second kappa shape index (κ2) is 6.34. The number of nitrogens with zero attached hydrogens (tertiary/aromatic N) is 2. The fourth-order valence-electron chi connectivity index (χ4n) is 1.90. The van der Waals surface area contributed by atoms with Crippen LogP contribution in [0.25, 0.3) is 0 Å². The van der Waals surface area contributed by atoms with Crippen molar-refractivity contribution in [1.29, 1.82) is 0 Å². The third kappa shape index (κ3) is 3.39. The Morgan fingerprint density at radius 3 is 2.88 bits per heavy atom. The summed E-state index contributed by atoms with van der Waals surface area (Å²) in [5.74, 6) is 0.556. The van der Waals surface area contributed by atoms with Gasteiger partial charge < -0.3 is 0 Å². The Balaban J connectivity index is 2.67. The number of unbranched alkanes of at least 4 members (excludes halogenated alkanes) is 1. The van der Waals surface area contributed by atoms with Crippen LogP contribution in [0, 0.1) is 12.8 Å². The first-order chi connectivity index (χ1) is 7.69. The van der Waals surface area contributed by atoms with Crippen LogP contribution in [0.4, 0.5) is 0 Å². The zero-order valence-electron chi connectivity index (χ0n) is 10.7. The third-order valence-corrected chi connectivity index (χ3v) is 3.10. The van der Waals surface area contributed by atoms with Gasteiger partial charge in [-0.05, 0) is 37.3 Å². The van der Waals surface area contributed by atoms with Crippen molar-refractivity contribution in [3.63, 3.8) is 0 Å². The minimum absolute atomic E-state index is 0.556. The van der Waals surface area contributed by atoms with Gasteiger partial charge in [-0.3, -0.25) is 4.68 Å². The van der Waals surface area contributed by atoms with E-state index in [1.165, 1.54) is 30.5 Å². The predicted molar refractivity (Wildman–Crippen MR) is 68.4 cm³/mol. The Morgan fingerprint density at radius 2 is 2.38 bits per heavy atom. The summed E-state index contributed by atoms with van der Waals surface area (Å²) in [6.07, 6.45) is 8.86. The van der Waals surface area contributed by atoms with E-state index in [4.69, 9.17) is 0 Å². The molecule has 0 aliphatic heterocycles. The van der Waals surface area contributed by atoms with Gasteiger partial charge in [-0.1, -0.05) is 26.3 Å². The van der Waals surface area contributed by atoms with Crippen molar-refractivity contribution >= 4 is 0 Å². The van der Waals surface area contributed by atoms with Crippen molar-refractivity contribution in [2.75, 3.05) is 0 Å². The van der Waals surface area contributed by atoms with Gasteiger partial charge >= 0.3 is 0 Å². The maximum atomic E-state index is 4.28. The molecule has 16 heavy (non-hydrogen) atoms. The third-order valence-electron chi connectivity index (χ3n) is 3.10. The highest BCUT2D eigenvalue weighted by molar-refractivity contribution is 5.17. The second-order valence-corrected chi connectivity index (χ2v) is 4.36. The minimum atomic E-state index is 0.556. The number of rotatable bonds is 6.